The summed E-state index contributed by atoms with van der Waals surface area (Å²) in [5, 5.41) is 20.8. The van der Waals surface area contributed by atoms with Crippen molar-refractivity contribution < 1.29 is 18.7 Å². The second-order valence-corrected chi connectivity index (χ2v) is 5.94. The lowest BCUT2D eigenvalue weighted by Gasteiger charge is -2.22. The van der Waals surface area contributed by atoms with Crippen molar-refractivity contribution >= 4 is 5.97 Å². The first-order valence-electron chi connectivity index (χ1n) is 6.55. The number of nitrogens with zero attached hydrogens (tertiary/aromatic N) is 4. The molecule has 0 aliphatic heterocycles. The molecule has 20 heavy (non-hydrogen) atoms. The van der Waals surface area contributed by atoms with Crippen LogP contribution in [0, 0.1) is 5.41 Å². The number of carbonyl (C=O) groups is 1. The van der Waals surface area contributed by atoms with Gasteiger partial charge in [-0.15, -0.1) is 15.0 Å². The maximum absolute atomic E-state index is 13.2. The van der Waals surface area contributed by atoms with Crippen LogP contribution in [0.1, 0.15) is 45.9 Å². The number of alkyl halides is 2. The van der Waals surface area contributed by atoms with E-state index in [9.17, 15) is 18.7 Å². The summed E-state index contributed by atoms with van der Waals surface area (Å²) >= 11 is 0. The van der Waals surface area contributed by atoms with Gasteiger partial charge in [0.1, 0.15) is 0 Å². The smallest absolute Gasteiger partial charge is 0.333 e. The number of hydrogen-bond acceptors (Lipinski definition) is 4. The number of aliphatic carboxylic acids is 1. The molecule has 0 bridgehead atoms. The molecule has 1 aromatic rings. The van der Waals surface area contributed by atoms with Crippen LogP contribution in [0.5, 0.6) is 0 Å². The summed E-state index contributed by atoms with van der Waals surface area (Å²) < 4.78 is 26.4. The zero-order chi connectivity index (χ0) is 15.2. The van der Waals surface area contributed by atoms with Gasteiger partial charge in [0.25, 0.3) is 5.92 Å². The third-order valence-electron chi connectivity index (χ3n) is 4.01. The van der Waals surface area contributed by atoms with Crippen molar-refractivity contribution in [1.29, 1.82) is 0 Å². The average molecular weight is 288 g/mol. The Balaban J connectivity index is 2.18. The van der Waals surface area contributed by atoms with Crippen LogP contribution in [0.2, 0.25) is 0 Å². The summed E-state index contributed by atoms with van der Waals surface area (Å²) in [7, 11) is 0. The lowest BCUT2D eigenvalue weighted by Crippen LogP contribution is -2.40. The van der Waals surface area contributed by atoms with Crippen molar-refractivity contribution in [2.45, 2.75) is 57.9 Å². The summed E-state index contributed by atoms with van der Waals surface area (Å²) in [6, 6.07) is 0. The molecule has 0 saturated heterocycles. The van der Waals surface area contributed by atoms with E-state index in [0.29, 0.717) is 12.8 Å². The van der Waals surface area contributed by atoms with Crippen LogP contribution in [0.25, 0.3) is 0 Å². The van der Waals surface area contributed by atoms with Crippen LogP contribution in [-0.4, -0.2) is 37.2 Å². The minimum absolute atomic E-state index is 0.00181. The van der Waals surface area contributed by atoms with E-state index in [1.165, 1.54) is 13.8 Å². The number of carboxylic acid groups (broad SMARTS) is 1. The molecule has 1 saturated carbocycles. The summed E-state index contributed by atoms with van der Waals surface area (Å²) in [6.07, 6.45) is 0.780. The molecular weight excluding hydrogens is 270 g/mol. The lowest BCUT2D eigenvalue weighted by molar-refractivity contribution is -0.148. The third kappa shape index (κ3) is 2.27. The van der Waals surface area contributed by atoms with Crippen molar-refractivity contribution in [3.05, 3.63) is 5.82 Å². The standard InChI is InChI=1S/C12H18F2N4O2/c1-4-5-11(3,9(19)20)18-16-8(15-17-18)6-10(2)7-12(10,13)14/h4-7H2,1-3H3,(H,19,20). The van der Waals surface area contributed by atoms with Gasteiger partial charge in [-0.05, 0) is 18.6 Å². The van der Waals surface area contributed by atoms with Gasteiger partial charge in [0.15, 0.2) is 11.4 Å². The van der Waals surface area contributed by atoms with Gasteiger partial charge in [-0.3, -0.25) is 0 Å². The minimum Gasteiger partial charge on any atom is -0.479 e. The Bertz CT molecular complexity index is 533. The molecule has 1 aliphatic carbocycles. The largest absolute Gasteiger partial charge is 0.479 e. The van der Waals surface area contributed by atoms with Crippen molar-refractivity contribution in [2.75, 3.05) is 0 Å². The van der Waals surface area contributed by atoms with Gasteiger partial charge in [-0.2, -0.15) is 0 Å². The Kier molecular flexibility index (Phi) is 3.30. The second-order valence-electron chi connectivity index (χ2n) is 5.94. The number of rotatable bonds is 6. The van der Waals surface area contributed by atoms with Gasteiger partial charge < -0.3 is 5.11 Å². The topological polar surface area (TPSA) is 80.9 Å². The molecular formula is C12H18F2N4O2. The first-order valence-corrected chi connectivity index (χ1v) is 6.55. The second kappa shape index (κ2) is 4.46. The summed E-state index contributed by atoms with van der Waals surface area (Å²) in [5.74, 6) is -3.60. The number of hydrogen-bond donors (Lipinski definition) is 1. The van der Waals surface area contributed by atoms with Gasteiger partial charge >= 0.3 is 5.97 Å². The van der Waals surface area contributed by atoms with Crippen molar-refractivity contribution in [2.24, 2.45) is 5.41 Å². The number of carboxylic acids is 1. The zero-order valence-electron chi connectivity index (χ0n) is 11.7. The van der Waals surface area contributed by atoms with Crippen molar-refractivity contribution in [3.63, 3.8) is 0 Å². The quantitative estimate of drug-likeness (QED) is 0.864. The lowest BCUT2D eigenvalue weighted by atomic mass is 9.97. The molecule has 6 nitrogen and oxygen atoms in total. The molecule has 112 valence electrons. The van der Waals surface area contributed by atoms with E-state index >= 15 is 0 Å². The van der Waals surface area contributed by atoms with E-state index in [-0.39, 0.29) is 18.7 Å². The van der Waals surface area contributed by atoms with Crippen LogP contribution in [0.15, 0.2) is 0 Å². The highest BCUT2D eigenvalue weighted by Gasteiger charge is 2.68. The van der Waals surface area contributed by atoms with Crippen molar-refractivity contribution in [3.8, 4) is 0 Å². The molecule has 0 radical (unpaired) electrons. The summed E-state index contributed by atoms with van der Waals surface area (Å²) in [4.78, 5) is 12.4. The average Bonchev–Trinajstić information content (AvgIpc) is 2.69. The van der Waals surface area contributed by atoms with Gasteiger partial charge in [-0.25, -0.2) is 13.6 Å². The first-order chi connectivity index (χ1) is 9.14. The molecule has 2 rings (SSSR count). The Labute approximate surface area is 115 Å². The molecule has 1 heterocycles. The van der Waals surface area contributed by atoms with E-state index in [2.05, 4.69) is 15.4 Å². The fraction of sp³-hybridized carbons (Fsp3) is 0.833. The van der Waals surface area contributed by atoms with E-state index < -0.39 is 22.8 Å². The number of halogens is 2. The van der Waals surface area contributed by atoms with Crippen LogP contribution in [-0.2, 0) is 16.8 Å². The Morgan fingerprint density at radius 2 is 2.15 bits per heavy atom. The molecule has 0 spiro atoms. The Hall–Kier alpha value is -1.60. The maximum atomic E-state index is 13.2. The molecule has 1 fully saturated rings. The fourth-order valence-corrected chi connectivity index (χ4v) is 2.29. The van der Waals surface area contributed by atoms with E-state index in [4.69, 9.17) is 0 Å². The Morgan fingerprint density at radius 1 is 1.55 bits per heavy atom. The van der Waals surface area contributed by atoms with Gasteiger partial charge in [0.2, 0.25) is 0 Å². The van der Waals surface area contributed by atoms with E-state index in [1.54, 1.807) is 0 Å². The molecule has 2 atom stereocenters. The SMILES string of the molecule is CCCC(C)(C(=O)O)n1nnc(CC2(C)CC2(F)F)n1. The fourth-order valence-electron chi connectivity index (χ4n) is 2.29. The minimum atomic E-state index is -2.70. The molecule has 1 aromatic heterocycles. The highest BCUT2D eigenvalue weighted by atomic mass is 19.3. The predicted molar refractivity (Wildman–Crippen MR) is 65.4 cm³/mol. The molecule has 1 aliphatic rings. The van der Waals surface area contributed by atoms with Crippen LogP contribution >= 0.6 is 0 Å². The van der Waals surface area contributed by atoms with Gasteiger partial charge in [0, 0.05) is 18.3 Å². The summed E-state index contributed by atoms with van der Waals surface area (Å²) in [5.41, 5.74) is -2.43. The van der Waals surface area contributed by atoms with Crippen LogP contribution in [0.3, 0.4) is 0 Å². The third-order valence-corrected chi connectivity index (χ3v) is 4.01. The monoisotopic (exact) mass is 288 g/mol. The molecule has 2 unspecified atom stereocenters. The highest BCUT2D eigenvalue weighted by Crippen LogP contribution is 2.61. The Morgan fingerprint density at radius 3 is 2.60 bits per heavy atom. The van der Waals surface area contributed by atoms with E-state index in [1.807, 2.05) is 6.92 Å². The molecule has 1 N–H and O–H groups in total. The first kappa shape index (κ1) is 14.8. The van der Waals surface area contributed by atoms with E-state index in [0.717, 1.165) is 4.80 Å². The molecule has 8 heteroatoms. The van der Waals surface area contributed by atoms with Crippen molar-refractivity contribution in [1.82, 2.24) is 20.2 Å². The summed E-state index contributed by atoms with van der Waals surface area (Å²) in [6.45, 7) is 4.82. The predicted octanol–water partition coefficient (Wildman–Crippen LogP) is 1.86. The number of tetrazole rings is 1. The zero-order valence-corrected chi connectivity index (χ0v) is 11.7. The number of aromatic nitrogens is 4. The van der Waals surface area contributed by atoms with Gasteiger partial charge in [0.05, 0.1) is 0 Å². The van der Waals surface area contributed by atoms with Crippen LogP contribution in [0.4, 0.5) is 8.78 Å². The van der Waals surface area contributed by atoms with Gasteiger partial charge in [-0.1, -0.05) is 20.3 Å². The molecule has 0 amide bonds. The molecule has 0 aromatic carbocycles. The van der Waals surface area contributed by atoms with Crippen LogP contribution < -0.4 is 0 Å². The highest BCUT2D eigenvalue weighted by molar-refractivity contribution is 5.75. The normalized spacial score (nSPS) is 27.1. The maximum Gasteiger partial charge on any atom is 0.333 e.